The minimum absolute atomic E-state index is 0.0483. The molecule has 9 heteroatoms. The molecule has 1 aromatic heterocycles. The van der Waals surface area contributed by atoms with Gasteiger partial charge in [-0.25, -0.2) is 9.07 Å². The second-order valence-corrected chi connectivity index (χ2v) is 8.62. The molecule has 4 rings (SSSR count). The highest BCUT2D eigenvalue weighted by Crippen LogP contribution is 2.27. The van der Waals surface area contributed by atoms with Gasteiger partial charge in [0.05, 0.1) is 11.8 Å². The number of likely N-dealkylation sites (tertiary alicyclic amines) is 1. The van der Waals surface area contributed by atoms with Crippen LogP contribution in [0.3, 0.4) is 0 Å². The molecule has 3 aromatic rings. The second-order valence-electron chi connectivity index (χ2n) is 8.62. The predicted octanol–water partition coefficient (Wildman–Crippen LogP) is 3.01. The first-order chi connectivity index (χ1) is 15.9. The van der Waals surface area contributed by atoms with Gasteiger partial charge in [-0.15, -0.1) is 5.10 Å². The zero-order valence-electron chi connectivity index (χ0n) is 19.2. The summed E-state index contributed by atoms with van der Waals surface area (Å²) in [6, 6.07) is 10.2. The molecule has 8 nitrogen and oxygen atoms in total. The van der Waals surface area contributed by atoms with E-state index in [0.717, 1.165) is 38.0 Å². The average Bonchev–Trinajstić information content (AvgIpc) is 3.34. The fourth-order valence-corrected chi connectivity index (χ4v) is 4.23. The van der Waals surface area contributed by atoms with E-state index in [0.29, 0.717) is 28.5 Å². The first kappa shape index (κ1) is 23.0. The number of halogens is 1. The molecule has 174 valence electrons. The summed E-state index contributed by atoms with van der Waals surface area (Å²) in [6.07, 6.45) is 3.76. The quantitative estimate of drug-likeness (QED) is 0.593. The molecule has 1 aliphatic heterocycles. The largest absolute Gasteiger partial charge is 0.381 e. The zero-order valence-corrected chi connectivity index (χ0v) is 19.2. The van der Waals surface area contributed by atoms with Gasteiger partial charge < -0.3 is 15.0 Å². The van der Waals surface area contributed by atoms with E-state index in [1.54, 1.807) is 31.4 Å². The number of nitrogens with zero attached hydrogens (tertiary/aromatic N) is 5. The van der Waals surface area contributed by atoms with Gasteiger partial charge in [-0.2, -0.15) is 0 Å². The highest BCUT2D eigenvalue weighted by atomic mass is 19.1. The van der Waals surface area contributed by atoms with Crippen LogP contribution in [-0.2, 0) is 4.74 Å². The van der Waals surface area contributed by atoms with E-state index in [1.807, 2.05) is 19.9 Å². The third-order valence-electron chi connectivity index (χ3n) is 6.01. The Balaban J connectivity index is 1.54. The lowest BCUT2D eigenvalue weighted by atomic mass is 9.99. The summed E-state index contributed by atoms with van der Waals surface area (Å²) in [6.45, 7) is 6.48. The van der Waals surface area contributed by atoms with Crippen LogP contribution in [0.25, 0.3) is 16.8 Å². The highest BCUT2D eigenvalue weighted by molar-refractivity contribution is 5.96. The molecule has 0 spiro atoms. The molecule has 0 saturated carbocycles. The van der Waals surface area contributed by atoms with Crippen LogP contribution in [0.1, 0.15) is 35.7 Å². The number of aryl methyl sites for hydroxylation is 1. The summed E-state index contributed by atoms with van der Waals surface area (Å²) < 4.78 is 21.6. The maximum atomic E-state index is 14.7. The Kier molecular flexibility index (Phi) is 7.10. The molecule has 1 amide bonds. The summed E-state index contributed by atoms with van der Waals surface area (Å²) in [5.74, 6) is -0.568. The molecular formula is C24H29FN6O2. The van der Waals surface area contributed by atoms with Crippen LogP contribution in [0.15, 0.2) is 42.7 Å². The smallest absolute Gasteiger partial charge is 0.251 e. The highest BCUT2D eigenvalue weighted by Gasteiger charge is 2.21. The summed E-state index contributed by atoms with van der Waals surface area (Å²) in [7, 11) is 1.75. The van der Waals surface area contributed by atoms with Crippen molar-refractivity contribution in [2.75, 3.05) is 26.7 Å². The number of carbonyl (C=O) groups excluding carboxylic acids is 1. The van der Waals surface area contributed by atoms with Crippen LogP contribution in [0.2, 0.25) is 0 Å². The van der Waals surface area contributed by atoms with E-state index in [9.17, 15) is 9.18 Å². The lowest BCUT2D eigenvalue weighted by Gasteiger charge is -2.33. The average molecular weight is 453 g/mol. The van der Waals surface area contributed by atoms with E-state index in [1.165, 1.54) is 17.1 Å². The molecule has 0 unspecified atom stereocenters. The number of aromatic nitrogens is 4. The monoisotopic (exact) mass is 452 g/mol. The van der Waals surface area contributed by atoms with Crippen LogP contribution in [0.4, 0.5) is 4.39 Å². The number of piperidine rings is 1. The van der Waals surface area contributed by atoms with E-state index >= 15 is 0 Å². The number of carbonyl (C=O) groups is 1. The van der Waals surface area contributed by atoms with Gasteiger partial charge in [0.15, 0.2) is 0 Å². The van der Waals surface area contributed by atoms with Crippen molar-refractivity contribution >= 4 is 5.91 Å². The fourth-order valence-electron chi connectivity index (χ4n) is 4.23. The van der Waals surface area contributed by atoms with Crippen molar-refractivity contribution in [1.29, 1.82) is 0 Å². The fraction of sp³-hybridized carbons (Fsp3) is 0.417. The van der Waals surface area contributed by atoms with Gasteiger partial charge in [0, 0.05) is 43.9 Å². The van der Waals surface area contributed by atoms with Crippen molar-refractivity contribution in [2.24, 2.45) is 0 Å². The molecular weight excluding hydrogens is 423 g/mol. The van der Waals surface area contributed by atoms with Crippen LogP contribution < -0.4 is 5.32 Å². The summed E-state index contributed by atoms with van der Waals surface area (Å²) in [5.41, 5.74) is 2.83. The number of amides is 1. The molecule has 0 bridgehead atoms. The maximum absolute atomic E-state index is 14.7. The molecule has 1 fully saturated rings. The van der Waals surface area contributed by atoms with Crippen LogP contribution in [0, 0.1) is 12.7 Å². The Morgan fingerprint density at radius 3 is 2.70 bits per heavy atom. The number of methoxy groups -OCH3 is 1. The van der Waals surface area contributed by atoms with Crippen molar-refractivity contribution in [3.63, 3.8) is 0 Å². The predicted molar refractivity (Wildman–Crippen MR) is 123 cm³/mol. The number of nitrogens with one attached hydrogen (secondary N) is 1. The second kappa shape index (κ2) is 10.2. The van der Waals surface area contributed by atoms with Crippen molar-refractivity contribution in [1.82, 2.24) is 30.4 Å². The van der Waals surface area contributed by atoms with Gasteiger partial charge in [0.2, 0.25) is 0 Å². The Bertz CT molecular complexity index is 1100. The van der Waals surface area contributed by atoms with Crippen molar-refractivity contribution in [3.05, 3.63) is 59.7 Å². The Labute approximate surface area is 192 Å². The van der Waals surface area contributed by atoms with Crippen molar-refractivity contribution < 1.29 is 13.9 Å². The van der Waals surface area contributed by atoms with Crippen molar-refractivity contribution in [2.45, 2.75) is 38.8 Å². The molecule has 0 radical (unpaired) electrons. The van der Waals surface area contributed by atoms with Crippen LogP contribution in [0.5, 0.6) is 0 Å². The van der Waals surface area contributed by atoms with Gasteiger partial charge in [-0.05, 0) is 72.5 Å². The number of hydrogen-bond acceptors (Lipinski definition) is 6. The molecule has 0 aliphatic carbocycles. The van der Waals surface area contributed by atoms with Gasteiger partial charge in [0.1, 0.15) is 12.1 Å². The number of hydrogen-bond donors (Lipinski definition) is 1. The summed E-state index contributed by atoms with van der Waals surface area (Å²) in [5, 5.41) is 14.3. The molecule has 2 heterocycles. The standard InChI is InChI=1S/C24H29FN6O2/c1-16-4-5-22(23(25)10-16)18-11-19(13-20(12-18)31-15-26-28-29-31)24(32)27-17(2)14-30-8-6-21(33-3)7-9-30/h4-5,10-13,15,17,21H,6-9,14H2,1-3H3,(H,27,32)/t17-/m1/s1. The number of benzene rings is 2. The molecule has 1 atom stereocenters. The maximum Gasteiger partial charge on any atom is 0.251 e. The minimum Gasteiger partial charge on any atom is -0.381 e. The lowest BCUT2D eigenvalue weighted by molar-refractivity contribution is 0.0387. The normalized spacial score (nSPS) is 16.0. The zero-order chi connectivity index (χ0) is 23.4. The SMILES string of the molecule is COC1CCN(C[C@@H](C)NC(=O)c2cc(-c3ccc(C)cc3F)cc(-n3cnnn3)c2)CC1. The number of tetrazole rings is 1. The van der Waals surface area contributed by atoms with Gasteiger partial charge in [0.25, 0.3) is 5.91 Å². The van der Waals surface area contributed by atoms with Crippen molar-refractivity contribution in [3.8, 4) is 16.8 Å². The lowest BCUT2D eigenvalue weighted by Crippen LogP contribution is -2.45. The van der Waals surface area contributed by atoms with E-state index in [4.69, 9.17) is 4.74 Å². The molecule has 1 aliphatic rings. The first-order valence-electron chi connectivity index (χ1n) is 11.1. The first-order valence-corrected chi connectivity index (χ1v) is 11.1. The molecule has 1 saturated heterocycles. The molecule has 33 heavy (non-hydrogen) atoms. The third-order valence-corrected chi connectivity index (χ3v) is 6.01. The van der Waals surface area contributed by atoms with Crippen LogP contribution in [-0.4, -0.2) is 69.9 Å². The third kappa shape index (κ3) is 5.61. The Hall–Kier alpha value is -3.17. The van der Waals surface area contributed by atoms with E-state index < -0.39 is 0 Å². The van der Waals surface area contributed by atoms with Gasteiger partial charge in [-0.1, -0.05) is 12.1 Å². The minimum atomic E-state index is -0.344. The Morgan fingerprint density at radius 2 is 2.03 bits per heavy atom. The van der Waals surface area contributed by atoms with Crippen LogP contribution >= 0.6 is 0 Å². The Morgan fingerprint density at radius 1 is 1.24 bits per heavy atom. The van der Waals surface area contributed by atoms with E-state index in [2.05, 4.69) is 25.7 Å². The molecule has 1 N–H and O–H groups in total. The van der Waals surface area contributed by atoms with Gasteiger partial charge in [-0.3, -0.25) is 4.79 Å². The topological polar surface area (TPSA) is 85.2 Å². The number of ether oxygens (including phenoxy) is 1. The van der Waals surface area contributed by atoms with Gasteiger partial charge >= 0.3 is 0 Å². The summed E-state index contributed by atoms with van der Waals surface area (Å²) >= 11 is 0. The number of rotatable bonds is 7. The summed E-state index contributed by atoms with van der Waals surface area (Å²) in [4.78, 5) is 15.5. The van der Waals surface area contributed by atoms with E-state index in [-0.39, 0.29) is 17.8 Å². The molecule has 2 aromatic carbocycles.